The van der Waals surface area contributed by atoms with Gasteiger partial charge in [-0.25, -0.2) is 14.8 Å². The van der Waals surface area contributed by atoms with E-state index >= 15 is 0 Å². The van der Waals surface area contributed by atoms with Crippen LogP contribution in [0.3, 0.4) is 0 Å². The lowest BCUT2D eigenvalue weighted by atomic mass is 10.00. The molecule has 7 heteroatoms. The second-order valence-electron chi connectivity index (χ2n) is 7.47. The third-order valence-corrected chi connectivity index (χ3v) is 5.76. The molecule has 2 N–H and O–H groups in total. The number of methoxy groups -OCH3 is 1. The molecular weight excluding hydrogens is 366 g/mol. The van der Waals surface area contributed by atoms with E-state index in [0.717, 1.165) is 42.0 Å². The molecule has 0 fully saturated rings. The Morgan fingerprint density at radius 2 is 2.17 bits per heavy atom. The summed E-state index contributed by atoms with van der Waals surface area (Å²) in [4.78, 5) is 26.9. The van der Waals surface area contributed by atoms with Crippen LogP contribution in [0.25, 0.3) is 16.6 Å². The highest BCUT2D eigenvalue weighted by Crippen LogP contribution is 2.34. The highest BCUT2D eigenvalue weighted by Gasteiger charge is 2.24. The highest BCUT2D eigenvalue weighted by molar-refractivity contribution is 5.94. The van der Waals surface area contributed by atoms with Gasteiger partial charge in [0, 0.05) is 35.9 Å². The van der Waals surface area contributed by atoms with Gasteiger partial charge in [-0.3, -0.25) is 0 Å². The molecule has 3 aromatic rings. The van der Waals surface area contributed by atoms with Crippen molar-refractivity contribution in [3.8, 4) is 5.75 Å². The molecule has 5 rings (SSSR count). The number of fused-ring (bicyclic) bond motifs is 3. The Hall–Kier alpha value is -3.35. The average Bonchev–Trinajstić information content (AvgIpc) is 3.35. The molecule has 7 nitrogen and oxygen atoms in total. The lowest BCUT2D eigenvalue weighted by molar-refractivity contribution is 0.217. The predicted octanol–water partition coefficient (Wildman–Crippen LogP) is 3.78. The number of carbonyl (C=O) groups excluding carboxylic acids is 1. The van der Waals surface area contributed by atoms with E-state index in [4.69, 9.17) is 4.74 Å². The molecule has 2 amide bonds. The lowest BCUT2D eigenvalue weighted by Gasteiger charge is -2.26. The zero-order valence-corrected chi connectivity index (χ0v) is 16.4. The van der Waals surface area contributed by atoms with Crippen molar-refractivity contribution in [2.75, 3.05) is 25.5 Å². The molecule has 1 aliphatic carbocycles. The Labute approximate surface area is 168 Å². The topological polar surface area (TPSA) is 83.1 Å². The monoisotopic (exact) mass is 389 g/mol. The molecule has 29 heavy (non-hydrogen) atoms. The van der Waals surface area contributed by atoms with Crippen molar-refractivity contribution in [2.24, 2.45) is 0 Å². The summed E-state index contributed by atoms with van der Waals surface area (Å²) in [6.45, 7) is 1.21. The minimum atomic E-state index is -0.107. The van der Waals surface area contributed by atoms with E-state index in [0.29, 0.717) is 13.1 Å². The van der Waals surface area contributed by atoms with E-state index in [1.807, 2.05) is 29.2 Å². The zero-order chi connectivity index (χ0) is 19.8. The fourth-order valence-corrected chi connectivity index (χ4v) is 4.28. The van der Waals surface area contributed by atoms with Crippen molar-refractivity contribution in [2.45, 2.75) is 25.7 Å². The van der Waals surface area contributed by atoms with Crippen molar-refractivity contribution >= 4 is 28.3 Å². The standard InChI is InChI=1S/C22H23N5O2/c1-29-16-5-2-4-15(12-16)25-22(28)27-10-8-14(9-11-27)20-19-17-6-3-7-18(17)26-21(19)24-13-23-20/h2,4-5,8,12-13H,3,6-7,9-11H2,1H3,(H,25,28)(H,23,24,26). The normalized spacial score (nSPS) is 15.9. The van der Waals surface area contributed by atoms with Gasteiger partial charge in [0.25, 0.3) is 0 Å². The Morgan fingerprint density at radius 1 is 1.24 bits per heavy atom. The second-order valence-corrected chi connectivity index (χ2v) is 7.47. The first-order valence-corrected chi connectivity index (χ1v) is 9.97. The average molecular weight is 389 g/mol. The van der Waals surface area contributed by atoms with Crippen LogP contribution >= 0.6 is 0 Å². The van der Waals surface area contributed by atoms with Crippen molar-refractivity contribution in [1.29, 1.82) is 0 Å². The van der Waals surface area contributed by atoms with Crippen LogP contribution in [-0.4, -0.2) is 46.1 Å². The second kappa shape index (κ2) is 7.24. The molecule has 0 radical (unpaired) electrons. The molecule has 1 aromatic carbocycles. The van der Waals surface area contributed by atoms with Gasteiger partial charge in [-0.1, -0.05) is 12.1 Å². The Bertz CT molecular complexity index is 1120. The summed E-state index contributed by atoms with van der Waals surface area (Å²) in [7, 11) is 1.61. The Morgan fingerprint density at radius 3 is 3.00 bits per heavy atom. The largest absolute Gasteiger partial charge is 0.497 e. The number of hydrogen-bond acceptors (Lipinski definition) is 4. The van der Waals surface area contributed by atoms with Crippen LogP contribution in [-0.2, 0) is 12.8 Å². The van der Waals surface area contributed by atoms with E-state index in [-0.39, 0.29) is 6.03 Å². The fourth-order valence-electron chi connectivity index (χ4n) is 4.28. The highest BCUT2D eigenvalue weighted by atomic mass is 16.5. The molecular formula is C22H23N5O2. The maximum absolute atomic E-state index is 12.6. The van der Waals surface area contributed by atoms with Gasteiger partial charge in [0.15, 0.2) is 0 Å². The first-order valence-electron chi connectivity index (χ1n) is 9.97. The van der Waals surface area contributed by atoms with Crippen LogP contribution < -0.4 is 10.1 Å². The van der Waals surface area contributed by atoms with Gasteiger partial charge in [-0.15, -0.1) is 0 Å². The van der Waals surface area contributed by atoms with Gasteiger partial charge < -0.3 is 19.9 Å². The Balaban J connectivity index is 1.34. The Kier molecular flexibility index (Phi) is 4.42. The zero-order valence-electron chi connectivity index (χ0n) is 16.4. The number of rotatable bonds is 3. The molecule has 2 aromatic heterocycles. The number of carbonyl (C=O) groups is 1. The van der Waals surface area contributed by atoms with Crippen molar-refractivity contribution in [3.05, 3.63) is 53.6 Å². The molecule has 3 heterocycles. The van der Waals surface area contributed by atoms with Gasteiger partial charge in [-0.2, -0.15) is 0 Å². The molecule has 0 unspecified atom stereocenters. The summed E-state index contributed by atoms with van der Waals surface area (Å²) in [5.41, 5.74) is 6.54. The van der Waals surface area contributed by atoms with Crippen molar-refractivity contribution in [1.82, 2.24) is 19.9 Å². The van der Waals surface area contributed by atoms with E-state index in [1.54, 1.807) is 13.4 Å². The maximum atomic E-state index is 12.6. The van der Waals surface area contributed by atoms with Crippen LogP contribution in [0.2, 0.25) is 0 Å². The van der Waals surface area contributed by atoms with E-state index in [9.17, 15) is 4.79 Å². The third kappa shape index (κ3) is 3.22. The molecule has 0 spiro atoms. The molecule has 0 bridgehead atoms. The molecule has 148 valence electrons. The molecule has 0 saturated carbocycles. The van der Waals surface area contributed by atoms with Gasteiger partial charge in [0.05, 0.1) is 12.8 Å². The summed E-state index contributed by atoms with van der Waals surface area (Å²) in [6.07, 6.45) is 7.87. The molecule has 1 aliphatic heterocycles. The number of anilines is 1. The van der Waals surface area contributed by atoms with Gasteiger partial charge in [0.1, 0.15) is 17.7 Å². The number of benzene rings is 1. The van der Waals surface area contributed by atoms with E-state index in [2.05, 4.69) is 26.3 Å². The summed E-state index contributed by atoms with van der Waals surface area (Å²) in [6, 6.07) is 7.27. The number of nitrogens with one attached hydrogen (secondary N) is 2. The lowest BCUT2D eigenvalue weighted by Crippen LogP contribution is -2.37. The van der Waals surface area contributed by atoms with Crippen molar-refractivity contribution in [3.63, 3.8) is 0 Å². The first kappa shape index (κ1) is 17.7. The number of aromatic nitrogens is 3. The summed E-state index contributed by atoms with van der Waals surface area (Å²) >= 11 is 0. The van der Waals surface area contributed by atoms with Crippen LogP contribution in [0, 0.1) is 0 Å². The minimum Gasteiger partial charge on any atom is -0.497 e. The quantitative estimate of drug-likeness (QED) is 0.714. The number of hydrogen-bond donors (Lipinski definition) is 2. The number of aromatic amines is 1. The third-order valence-electron chi connectivity index (χ3n) is 5.76. The molecule has 0 atom stereocenters. The number of urea groups is 1. The molecule has 0 saturated heterocycles. The summed E-state index contributed by atoms with van der Waals surface area (Å²) in [5.74, 6) is 0.718. The van der Waals surface area contributed by atoms with Crippen LogP contribution in [0.1, 0.15) is 29.8 Å². The minimum absolute atomic E-state index is 0.107. The summed E-state index contributed by atoms with van der Waals surface area (Å²) < 4.78 is 5.22. The van der Waals surface area contributed by atoms with Crippen LogP contribution in [0.4, 0.5) is 10.5 Å². The smallest absolute Gasteiger partial charge is 0.322 e. The predicted molar refractivity (Wildman–Crippen MR) is 112 cm³/mol. The van der Waals surface area contributed by atoms with Crippen LogP contribution in [0.15, 0.2) is 36.7 Å². The van der Waals surface area contributed by atoms with Crippen molar-refractivity contribution < 1.29 is 9.53 Å². The fraction of sp³-hybridized carbons (Fsp3) is 0.318. The number of H-pyrrole nitrogens is 1. The SMILES string of the molecule is COc1cccc(NC(=O)N2CC=C(c3ncnc4[nH]c5c(c34)CCC5)CC2)c1. The van der Waals surface area contributed by atoms with Gasteiger partial charge >= 0.3 is 6.03 Å². The molecule has 2 aliphatic rings. The van der Waals surface area contributed by atoms with Crippen LogP contribution in [0.5, 0.6) is 5.75 Å². The van der Waals surface area contributed by atoms with E-state index in [1.165, 1.54) is 28.6 Å². The summed E-state index contributed by atoms with van der Waals surface area (Å²) in [5, 5.41) is 4.11. The number of ether oxygens (including phenoxy) is 1. The number of amides is 2. The number of aryl methyl sites for hydroxylation is 2. The maximum Gasteiger partial charge on any atom is 0.322 e. The van der Waals surface area contributed by atoms with Gasteiger partial charge in [0.2, 0.25) is 0 Å². The first-order chi connectivity index (χ1) is 14.2. The van der Waals surface area contributed by atoms with Gasteiger partial charge in [-0.05, 0) is 49.0 Å². The number of nitrogens with zero attached hydrogens (tertiary/aromatic N) is 3. The van der Waals surface area contributed by atoms with E-state index < -0.39 is 0 Å².